The molecule has 0 saturated heterocycles. The highest BCUT2D eigenvalue weighted by Crippen LogP contribution is 2.18. The number of nitrogens with one attached hydrogen (secondary N) is 1. The Morgan fingerprint density at radius 1 is 1.22 bits per heavy atom. The number of nitrogens with two attached hydrogens (primary N) is 1. The summed E-state index contributed by atoms with van der Waals surface area (Å²) in [5, 5.41) is 11.1. The maximum absolute atomic E-state index is 13.3. The molecule has 8 heteroatoms. The molecule has 1 aromatic carbocycles. The van der Waals surface area contributed by atoms with E-state index in [1.807, 2.05) is 0 Å². The van der Waals surface area contributed by atoms with Crippen molar-refractivity contribution in [2.24, 2.45) is 0 Å². The molecular weight excluding hydrogens is 242 g/mol. The van der Waals surface area contributed by atoms with Crippen molar-refractivity contribution < 1.29 is 8.78 Å². The van der Waals surface area contributed by atoms with Gasteiger partial charge in [-0.3, -0.25) is 0 Å². The van der Waals surface area contributed by atoms with Crippen LogP contribution in [0.5, 0.6) is 0 Å². The summed E-state index contributed by atoms with van der Waals surface area (Å²) in [4.78, 5) is 10.8. The highest BCUT2D eigenvalue weighted by atomic mass is 19.1. The maximum atomic E-state index is 13.3. The minimum absolute atomic E-state index is 0.136. The lowest BCUT2D eigenvalue weighted by Crippen LogP contribution is -2.06. The molecule has 0 saturated carbocycles. The third-order valence-corrected chi connectivity index (χ3v) is 1.93. The summed E-state index contributed by atoms with van der Waals surface area (Å²) in [6.07, 6.45) is 0. The number of rotatable bonds is 2. The minimum Gasteiger partial charge on any atom is -0.368 e. The molecule has 1 aromatic heterocycles. The van der Waals surface area contributed by atoms with E-state index >= 15 is 0 Å². The third kappa shape index (κ3) is 2.46. The van der Waals surface area contributed by atoms with Crippen LogP contribution < -0.4 is 11.1 Å². The summed E-state index contributed by atoms with van der Waals surface area (Å²) in [6.45, 7) is 0. The summed E-state index contributed by atoms with van der Waals surface area (Å²) in [6, 6.07) is 4.53. The molecule has 0 fully saturated rings. The van der Waals surface area contributed by atoms with Gasteiger partial charge in [0.15, 0.2) is 0 Å². The predicted molar refractivity (Wildman–Crippen MR) is 58.6 cm³/mol. The molecule has 90 valence electrons. The normalized spacial score (nSPS) is 9.83. The van der Waals surface area contributed by atoms with Crippen molar-refractivity contribution >= 4 is 17.6 Å². The molecule has 0 aliphatic heterocycles. The van der Waals surface area contributed by atoms with Gasteiger partial charge in [-0.25, -0.2) is 8.78 Å². The Balaban J connectivity index is 2.37. The molecule has 3 N–H and O–H groups in total. The number of anilines is 3. The predicted octanol–water partition coefficient (Wildman–Crippen LogP) is 1.35. The highest BCUT2D eigenvalue weighted by molar-refractivity contribution is 5.55. The SMILES string of the molecule is N#Cc1nc(N)nc(Nc2cc(F)ccc2F)n1. The molecular formula is C10H6F2N6. The average molecular weight is 248 g/mol. The van der Waals surface area contributed by atoms with Crippen molar-refractivity contribution in [3.05, 3.63) is 35.7 Å². The zero-order chi connectivity index (χ0) is 13.1. The van der Waals surface area contributed by atoms with Gasteiger partial charge in [0.2, 0.25) is 17.7 Å². The first-order valence-corrected chi connectivity index (χ1v) is 4.72. The van der Waals surface area contributed by atoms with Gasteiger partial charge in [-0.05, 0) is 12.1 Å². The number of hydrogen-bond acceptors (Lipinski definition) is 6. The lowest BCUT2D eigenvalue weighted by Gasteiger charge is -2.06. The molecule has 0 aliphatic rings. The molecule has 0 bridgehead atoms. The average Bonchev–Trinajstić information content (AvgIpc) is 2.33. The number of benzene rings is 1. The second-order valence-corrected chi connectivity index (χ2v) is 3.20. The molecule has 0 spiro atoms. The molecule has 0 aliphatic carbocycles. The Morgan fingerprint density at radius 2 is 2.00 bits per heavy atom. The van der Waals surface area contributed by atoms with E-state index in [9.17, 15) is 8.78 Å². The van der Waals surface area contributed by atoms with Gasteiger partial charge < -0.3 is 11.1 Å². The fraction of sp³-hybridized carbons (Fsp3) is 0. The summed E-state index contributed by atoms with van der Waals surface area (Å²) in [5.74, 6) is -1.86. The maximum Gasteiger partial charge on any atom is 0.238 e. The minimum atomic E-state index is -0.686. The van der Waals surface area contributed by atoms with E-state index in [0.29, 0.717) is 0 Å². The number of nitrogens with zero attached hydrogens (tertiary/aromatic N) is 4. The fourth-order valence-corrected chi connectivity index (χ4v) is 1.21. The lowest BCUT2D eigenvalue weighted by molar-refractivity contribution is 0.603. The van der Waals surface area contributed by atoms with Crippen LogP contribution in [-0.2, 0) is 0 Å². The first kappa shape index (κ1) is 11.7. The van der Waals surface area contributed by atoms with Gasteiger partial charge >= 0.3 is 0 Å². The standard InChI is InChI=1S/C10H6F2N6/c11-5-1-2-6(12)7(3-5)15-10-17-8(4-13)16-9(14)18-10/h1-3H,(H3,14,15,16,17,18). The van der Waals surface area contributed by atoms with Gasteiger partial charge in [0, 0.05) is 6.07 Å². The van der Waals surface area contributed by atoms with Gasteiger partial charge in [0.05, 0.1) is 5.69 Å². The van der Waals surface area contributed by atoms with Crippen LogP contribution in [0.1, 0.15) is 5.82 Å². The topological polar surface area (TPSA) is 101 Å². The van der Waals surface area contributed by atoms with Crippen LogP contribution in [0.2, 0.25) is 0 Å². The van der Waals surface area contributed by atoms with Crippen molar-refractivity contribution in [2.45, 2.75) is 0 Å². The number of nitriles is 1. The first-order chi connectivity index (χ1) is 8.58. The van der Waals surface area contributed by atoms with Crippen molar-refractivity contribution in [1.82, 2.24) is 15.0 Å². The van der Waals surface area contributed by atoms with Crippen molar-refractivity contribution in [3.8, 4) is 6.07 Å². The van der Waals surface area contributed by atoms with E-state index in [0.717, 1.165) is 18.2 Å². The van der Waals surface area contributed by atoms with Gasteiger partial charge in [-0.15, -0.1) is 0 Å². The molecule has 2 aromatic rings. The molecule has 1 heterocycles. The van der Waals surface area contributed by atoms with Gasteiger partial charge in [0.25, 0.3) is 0 Å². The lowest BCUT2D eigenvalue weighted by atomic mass is 10.3. The summed E-state index contributed by atoms with van der Waals surface area (Å²) < 4.78 is 26.3. The van der Waals surface area contributed by atoms with Crippen LogP contribution >= 0.6 is 0 Å². The number of aromatic nitrogens is 3. The van der Waals surface area contributed by atoms with Crippen molar-refractivity contribution in [2.75, 3.05) is 11.1 Å². The quantitative estimate of drug-likeness (QED) is 0.831. The first-order valence-electron chi connectivity index (χ1n) is 4.72. The largest absolute Gasteiger partial charge is 0.368 e. The Morgan fingerprint density at radius 3 is 2.72 bits per heavy atom. The van der Waals surface area contributed by atoms with Crippen LogP contribution in [0.15, 0.2) is 18.2 Å². The molecule has 18 heavy (non-hydrogen) atoms. The van der Waals surface area contributed by atoms with Crippen LogP contribution in [0.3, 0.4) is 0 Å². The van der Waals surface area contributed by atoms with Crippen molar-refractivity contribution in [3.63, 3.8) is 0 Å². The zero-order valence-corrected chi connectivity index (χ0v) is 8.85. The fourth-order valence-electron chi connectivity index (χ4n) is 1.21. The van der Waals surface area contributed by atoms with E-state index in [4.69, 9.17) is 11.0 Å². The number of halogens is 2. The Kier molecular flexibility index (Phi) is 2.97. The van der Waals surface area contributed by atoms with E-state index in [1.54, 1.807) is 6.07 Å². The molecule has 2 rings (SSSR count). The summed E-state index contributed by atoms with van der Waals surface area (Å²) in [7, 11) is 0. The second kappa shape index (κ2) is 4.58. The van der Waals surface area contributed by atoms with Crippen LogP contribution in [0.4, 0.5) is 26.4 Å². The molecule has 0 unspecified atom stereocenters. The molecule has 0 amide bonds. The number of nitrogen functional groups attached to an aromatic ring is 1. The van der Waals surface area contributed by atoms with Crippen LogP contribution in [-0.4, -0.2) is 15.0 Å². The van der Waals surface area contributed by atoms with Gasteiger partial charge in [0.1, 0.15) is 17.7 Å². The van der Waals surface area contributed by atoms with Crippen molar-refractivity contribution in [1.29, 1.82) is 5.26 Å². The molecule has 0 radical (unpaired) electrons. The Bertz CT molecular complexity index is 637. The van der Waals surface area contributed by atoms with E-state index in [2.05, 4.69) is 20.3 Å². The van der Waals surface area contributed by atoms with Crippen LogP contribution in [0, 0.1) is 23.0 Å². The molecule has 0 atom stereocenters. The smallest absolute Gasteiger partial charge is 0.238 e. The Hall–Kier alpha value is -2.82. The van der Waals surface area contributed by atoms with Gasteiger partial charge in [-0.2, -0.15) is 20.2 Å². The highest BCUT2D eigenvalue weighted by Gasteiger charge is 2.08. The number of hydrogen-bond donors (Lipinski definition) is 2. The monoisotopic (exact) mass is 248 g/mol. The summed E-state index contributed by atoms with van der Waals surface area (Å²) >= 11 is 0. The van der Waals surface area contributed by atoms with E-state index < -0.39 is 11.6 Å². The summed E-state index contributed by atoms with van der Waals surface area (Å²) in [5.41, 5.74) is 5.17. The van der Waals surface area contributed by atoms with Crippen LogP contribution in [0.25, 0.3) is 0 Å². The zero-order valence-electron chi connectivity index (χ0n) is 8.85. The molecule has 6 nitrogen and oxygen atoms in total. The van der Waals surface area contributed by atoms with E-state index in [-0.39, 0.29) is 23.4 Å². The van der Waals surface area contributed by atoms with E-state index in [1.165, 1.54) is 0 Å². The third-order valence-electron chi connectivity index (χ3n) is 1.93. The second-order valence-electron chi connectivity index (χ2n) is 3.20. The van der Waals surface area contributed by atoms with Gasteiger partial charge in [-0.1, -0.05) is 0 Å². The Labute approximate surface area is 100 Å².